The van der Waals surface area contributed by atoms with Gasteiger partial charge in [0.15, 0.2) is 0 Å². The van der Waals surface area contributed by atoms with Gasteiger partial charge < -0.3 is 10.6 Å². The highest BCUT2D eigenvalue weighted by molar-refractivity contribution is 5.72. The molecule has 1 aromatic carbocycles. The maximum Gasteiger partial charge on any atom is 0.316 e. The van der Waals surface area contributed by atoms with Crippen LogP contribution in [0.3, 0.4) is 0 Å². The average Bonchev–Trinajstić information content (AvgIpc) is 3.33. The molecule has 4 unspecified atom stereocenters. The molecule has 2 heterocycles. The number of carbonyl (C=O) groups is 1. The van der Waals surface area contributed by atoms with Gasteiger partial charge in [0.1, 0.15) is 6.17 Å². The molecule has 8 nitrogen and oxygen atoms in total. The van der Waals surface area contributed by atoms with E-state index in [1.54, 1.807) is 4.90 Å². The minimum absolute atomic E-state index is 0.0652. The van der Waals surface area contributed by atoms with Crippen molar-refractivity contribution in [1.82, 2.24) is 30.7 Å². The van der Waals surface area contributed by atoms with Crippen LogP contribution in [0.15, 0.2) is 36.5 Å². The van der Waals surface area contributed by atoms with Crippen molar-refractivity contribution in [3.05, 3.63) is 47.8 Å². The summed E-state index contributed by atoms with van der Waals surface area (Å²) in [4.78, 5) is 13.7. The van der Waals surface area contributed by atoms with Crippen molar-refractivity contribution < 1.29 is 4.79 Å². The largest absolute Gasteiger partial charge is 0.351 e. The van der Waals surface area contributed by atoms with Gasteiger partial charge in [-0.05, 0) is 31.2 Å². The van der Waals surface area contributed by atoms with Gasteiger partial charge in [0.05, 0.1) is 12.2 Å². The van der Waals surface area contributed by atoms with Crippen LogP contribution in [0.4, 0.5) is 4.79 Å². The first kappa shape index (κ1) is 18.9. The SMILES string of the molecule is CCCN(C(N)=O)C1NNC2CCC(c3cn(Cc4ccccc4)nn3)CC21. The fourth-order valence-electron chi connectivity index (χ4n) is 4.59. The molecule has 150 valence electrons. The number of benzene rings is 1. The highest BCUT2D eigenvalue weighted by atomic mass is 16.2. The van der Waals surface area contributed by atoms with E-state index in [1.807, 2.05) is 22.9 Å². The minimum atomic E-state index is -0.363. The number of hydrogen-bond donors (Lipinski definition) is 3. The first-order valence-electron chi connectivity index (χ1n) is 10.2. The Morgan fingerprint density at radius 1 is 1.29 bits per heavy atom. The van der Waals surface area contributed by atoms with Crippen LogP contribution in [0.1, 0.15) is 49.8 Å². The van der Waals surface area contributed by atoms with Crippen molar-refractivity contribution in [3.63, 3.8) is 0 Å². The van der Waals surface area contributed by atoms with E-state index in [0.717, 1.165) is 37.9 Å². The Hall–Kier alpha value is -2.45. The van der Waals surface area contributed by atoms with Crippen LogP contribution >= 0.6 is 0 Å². The molecule has 0 spiro atoms. The van der Waals surface area contributed by atoms with Crippen molar-refractivity contribution >= 4 is 6.03 Å². The molecule has 2 aliphatic rings. The van der Waals surface area contributed by atoms with Gasteiger partial charge >= 0.3 is 6.03 Å². The molecule has 2 aromatic rings. The van der Waals surface area contributed by atoms with E-state index in [0.29, 0.717) is 24.4 Å². The second-order valence-corrected chi connectivity index (χ2v) is 7.87. The number of fused-ring (bicyclic) bond motifs is 1. The Balaban J connectivity index is 1.45. The third kappa shape index (κ3) is 3.88. The van der Waals surface area contributed by atoms with E-state index in [9.17, 15) is 4.79 Å². The quantitative estimate of drug-likeness (QED) is 0.706. The molecular weight excluding hydrogens is 354 g/mol. The van der Waals surface area contributed by atoms with Crippen LogP contribution in [-0.2, 0) is 6.54 Å². The molecule has 1 aliphatic heterocycles. The number of nitrogens with one attached hydrogen (secondary N) is 2. The summed E-state index contributed by atoms with van der Waals surface area (Å²) < 4.78 is 1.91. The number of amides is 2. The summed E-state index contributed by atoms with van der Waals surface area (Å²) in [5.74, 6) is 0.670. The third-order valence-electron chi connectivity index (χ3n) is 5.97. The minimum Gasteiger partial charge on any atom is -0.351 e. The number of primary amides is 1. The molecule has 28 heavy (non-hydrogen) atoms. The van der Waals surface area contributed by atoms with Crippen LogP contribution in [0, 0.1) is 5.92 Å². The monoisotopic (exact) mass is 383 g/mol. The molecule has 4 atom stereocenters. The van der Waals surface area contributed by atoms with Gasteiger partial charge in [-0.25, -0.2) is 14.9 Å². The van der Waals surface area contributed by atoms with E-state index < -0.39 is 0 Å². The second-order valence-electron chi connectivity index (χ2n) is 7.87. The summed E-state index contributed by atoms with van der Waals surface area (Å²) in [7, 11) is 0. The molecule has 1 saturated carbocycles. The number of hydrogen-bond acceptors (Lipinski definition) is 5. The van der Waals surface area contributed by atoms with Crippen LogP contribution < -0.4 is 16.6 Å². The Morgan fingerprint density at radius 3 is 2.86 bits per heavy atom. The summed E-state index contributed by atoms with van der Waals surface area (Å²) in [6.45, 7) is 3.45. The van der Waals surface area contributed by atoms with Crippen LogP contribution in [0.5, 0.6) is 0 Å². The van der Waals surface area contributed by atoms with Crippen LogP contribution in [0.2, 0.25) is 0 Å². The topological polar surface area (TPSA) is 101 Å². The van der Waals surface area contributed by atoms with Gasteiger partial charge in [-0.2, -0.15) is 0 Å². The van der Waals surface area contributed by atoms with E-state index in [2.05, 4.69) is 46.4 Å². The van der Waals surface area contributed by atoms with E-state index in [4.69, 9.17) is 5.73 Å². The van der Waals surface area contributed by atoms with Gasteiger partial charge in [0, 0.05) is 30.6 Å². The van der Waals surface area contributed by atoms with E-state index in [-0.39, 0.29) is 12.2 Å². The molecule has 2 fully saturated rings. The maximum absolute atomic E-state index is 11.9. The zero-order valence-electron chi connectivity index (χ0n) is 16.3. The molecule has 0 bridgehead atoms. The number of nitrogens with two attached hydrogens (primary N) is 1. The predicted molar refractivity (Wildman–Crippen MR) is 106 cm³/mol. The Morgan fingerprint density at radius 2 is 2.11 bits per heavy atom. The lowest BCUT2D eigenvalue weighted by atomic mass is 9.76. The van der Waals surface area contributed by atoms with E-state index >= 15 is 0 Å². The number of aromatic nitrogens is 3. The average molecular weight is 384 g/mol. The molecular formula is C20H29N7O. The standard InChI is InChI=1S/C20H29N7O/c1-2-10-27(20(21)28)19-16-11-15(8-9-17(16)22-24-19)18-13-26(25-23-18)12-14-6-4-3-5-7-14/h3-7,13,15-17,19,22,24H,2,8-12H2,1H3,(H2,21,28). The first-order valence-corrected chi connectivity index (χ1v) is 10.2. The highest BCUT2D eigenvalue weighted by Gasteiger charge is 2.44. The third-order valence-corrected chi connectivity index (χ3v) is 5.97. The second kappa shape index (κ2) is 8.28. The molecule has 2 amide bonds. The normalized spacial score (nSPS) is 26.8. The van der Waals surface area contributed by atoms with E-state index in [1.165, 1.54) is 5.56 Å². The number of urea groups is 1. The molecule has 1 aromatic heterocycles. The van der Waals surface area contributed by atoms with Crippen LogP contribution in [-0.4, -0.2) is 44.7 Å². The van der Waals surface area contributed by atoms with Gasteiger partial charge in [-0.15, -0.1) is 5.10 Å². The smallest absolute Gasteiger partial charge is 0.316 e. The summed E-state index contributed by atoms with van der Waals surface area (Å²) >= 11 is 0. The lowest BCUT2D eigenvalue weighted by molar-refractivity contribution is 0.138. The molecule has 4 rings (SSSR count). The molecule has 8 heteroatoms. The summed E-state index contributed by atoms with van der Waals surface area (Å²) in [6, 6.07) is 10.3. The number of rotatable bonds is 6. The Kier molecular flexibility index (Phi) is 5.59. The van der Waals surface area contributed by atoms with Gasteiger partial charge in [-0.1, -0.05) is 42.5 Å². The Bertz CT molecular complexity index is 793. The fraction of sp³-hybridized carbons (Fsp3) is 0.550. The van der Waals surface area contributed by atoms with Gasteiger partial charge in [0.25, 0.3) is 0 Å². The summed E-state index contributed by atoms with van der Waals surface area (Å²) in [5, 5.41) is 8.79. The van der Waals surface area contributed by atoms with Crippen molar-refractivity contribution in [2.24, 2.45) is 11.7 Å². The zero-order valence-corrected chi connectivity index (χ0v) is 16.3. The van der Waals surface area contributed by atoms with Crippen molar-refractivity contribution in [2.45, 2.75) is 57.3 Å². The molecule has 1 saturated heterocycles. The number of nitrogens with zero attached hydrogens (tertiary/aromatic N) is 4. The Labute approximate surface area is 165 Å². The number of carbonyl (C=O) groups excluding carboxylic acids is 1. The maximum atomic E-state index is 11.9. The lowest BCUT2D eigenvalue weighted by Gasteiger charge is -2.36. The van der Waals surface area contributed by atoms with Crippen LogP contribution in [0.25, 0.3) is 0 Å². The van der Waals surface area contributed by atoms with Crippen molar-refractivity contribution in [2.75, 3.05) is 6.54 Å². The summed E-state index contributed by atoms with van der Waals surface area (Å²) in [6.07, 6.45) is 5.97. The number of hydrazine groups is 1. The van der Waals surface area contributed by atoms with Gasteiger partial charge in [-0.3, -0.25) is 5.43 Å². The predicted octanol–water partition coefficient (Wildman–Crippen LogP) is 1.80. The lowest BCUT2D eigenvalue weighted by Crippen LogP contribution is -2.52. The van der Waals surface area contributed by atoms with Gasteiger partial charge in [0.2, 0.25) is 0 Å². The molecule has 0 radical (unpaired) electrons. The fourth-order valence-corrected chi connectivity index (χ4v) is 4.59. The first-order chi connectivity index (χ1) is 13.7. The van der Waals surface area contributed by atoms with Crippen molar-refractivity contribution in [3.8, 4) is 0 Å². The zero-order chi connectivity index (χ0) is 19.5. The molecule has 4 N–H and O–H groups in total. The highest BCUT2D eigenvalue weighted by Crippen LogP contribution is 2.39. The van der Waals surface area contributed by atoms with Crippen molar-refractivity contribution in [1.29, 1.82) is 0 Å². The molecule has 1 aliphatic carbocycles. The summed E-state index contributed by atoms with van der Waals surface area (Å²) in [5.41, 5.74) is 14.6.